The number of rotatable bonds is 5. The molecule has 1 heterocycles. The molecular formula is C16H25ClN2O2. The normalized spacial score (nSPS) is 21.2. The molecule has 118 valence electrons. The molecule has 21 heavy (non-hydrogen) atoms. The SMILES string of the molecule is Cc1cccc(OCCC(=O)NC2CCCNC2C)c1.Cl. The van der Waals surface area contributed by atoms with E-state index in [9.17, 15) is 4.79 Å². The lowest BCUT2D eigenvalue weighted by Crippen LogP contribution is -2.52. The molecular weight excluding hydrogens is 288 g/mol. The standard InChI is InChI=1S/C16H24N2O2.ClH/c1-12-5-3-6-14(11-12)20-10-8-16(19)18-15-7-4-9-17-13(15)2;/h3,5-6,11,13,15,17H,4,7-10H2,1-2H3,(H,18,19);1H. The minimum Gasteiger partial charge on any atom is -0.493 e. The first-order chi connectivity index (χ1) is 9.65. The molecule has 0 radical (unpaired) electrons. The van der Waals surface area contributed by atoms with Crippen molar-refractivity contribution in [1.82, 2.24) is 10.6 Å². The van der Waals surface area contributed by atoms with Gasteiger partial charge in [0.1, 0.15) is 5.75 Å². The number of hydrogen-bond acceptors (Lipinski definition) is 3. The van der Waals surface area contributed by atoms with E-state index >= 15 is 0 Å². The molecule has 1 fully saturated rings. The molecule has 1 aromatic rings. The number of carbonyl (C=O) groups is 1. The third-order valence-corrected chi connectivity index (χ3v) is 3.70. The second kappa shape index (κ2) is 8.90. The van der Waals surface area contributed by atoms with E-state index in [1.165, 1.54) is 0 Å². The van der Waals surface area contributed by atoms with Crippen LogP contribution in [0.3, 0.4) is 0 Å². The van der Waals surface area contributed by atoms with Crippen LogP contribution in [0.25, 0.3) is 0 Å². The second-order valence-electron chi connectivity index (χ2n) is 5.47. The largest absolute Gasteiger partial charge is 0.493 e. The Morgan fingerprint density at radius 1 is 1.48 bits per heavy atom. The van der Waals surface area contributed by atoms with E-state index in [0.29, 0.717) is 19.1 Å². The fraction of sp³-hybridized carbons (Fsp3) is 0.562. The Hall–Kier alpha value is -1.26. The van der Waals surface area contributed by atoms with Gasteiger partial charge in [0.2, 0.25) is 5.91 Å². The summed E-state index contributed by atoms with van der Waals surface area (Å²) in [6.45, 7) is 5.61. The van der Waals surface area contributed by atoms with Gasteiger partial charge in [0.05, 0.1) is 13.0 Å². The zero-order chi connectivity index (χ0) is 14.4. The molecule has 1 aliphatic heterocycles. The molecule has 0 aromatic heterocycles. The van der Waals surface area contributed by atoms with Crippen molar-refractivity contribution < 1.29 is 9.53 Å². The summed E-state index contributed by atoms with van der Waals surface area (Å²) in [5.74, 6) is 0.892. The Bertz CT molecular complexity index is 454. The number of amides is 1. The summed E-state index contributed by atoms with van der Waals surface area (Å²) in [6.07, 6.45) is 2.57. The van der Waals surface area contributed by atoms with Crippen molar-refractivity contribution in [2.75, 3.05) is 13.2 Å². The number of halogens is 1. The Morgan fingerprint density at radius 3 is 3.00 bits per heavy atom. The van der Waals surface area contributed by atoms with Gasteiger partial charge in [-0.25, -0.2) is 0 Å². The molecule has 1 saturated heterocycles. The highest BCUT2D eigenvalue weighted by molar-refractivity contribution is 5.85. The molecule has 2 N–H and O–H groups in total. The average molecular weight is 313 g/mol. The van der Waals surface area contributed by atoms with Crippen molar-refractivity contribution in [2.24, 2.45) is 0 Å². The van der Waals surface area contributed by atoms with Gasteiger partial charge in [-0.1, -0.05) is 12.1 Å². The van der Waals surface area contributed by atoms with Crippen LogP contribution >= 0.6 is 12.4 Å². The van der Waals surface area contributed by atoms with Gasteiger partial charge in [-0.2, -0.15) is 0 Å². The average Bonchev–Trinajstić information content (AvgIpc) is 2.41. The first kappa shape index (κ1) is 17.8. The number of nitrogens with one attached hydrogen (secondary N) is 2. The van der Waals surface area contributed by atoms with Crippen LogP contribution in [-0.2, 0) is 4.79 Å². The fourth-order valence-corrected chi connectivity index (χ4v) is 2.49. The van der Waals surface area contributed by atoms with Crippen LogP contribution in [-0.4, -0.2) is 31.1 Å². The van der Waals surface area contributed by atoms with Gasteiger partial charge in [0.15, 0.2) is 0 Å². The zero-order valence-electron chi connectivity index (χ0n) is 12.7. The van der Waals surface area contributed by atoms with Crippen molar-refractivity contribution in [3.05, 3.63) is 29.8 Å². The van der Waals surface area contributed by atoms with Crippen molar-refractivity contribution >= 4 is 18.3 Å². The van der Waals surface area contributed by atoms with Gasteiger partial charge in [0, 0.05) is 12.1 Å². The molecule has 2 rings (SSSR count). The lowest BCUT2D eigenvalue weighted by Gasteiger charge is -2.30. The van der Waals surface area contributed by atoms with E-state index in [1.54, 1.807) is 0 Å². The van der Waals surface area contributed by atoms with Crippen LogP contribution < -0.4 is 15.4 Å². The summed E-state index contributed by atoms with van der Waals surface area (Å²) in [5.41, 5.74) is 1.16. The first-order valence-electron chi connectivity index (χ1n) is 7.37. The van der Waals surface area contributed by atoms with Gasteiger partial charge < -0.3 is 15.4 Å². The number of hydrogen-bond donors (Lipinski definition) is 2. The van der Waals surface area contributed by atoms with Crippen molar-refractivity contribution in [2.45, 2.75) is 45.2 Å². The lowest BCUT2D eigenvalue weighted by molar-refractivity contribution is -0.122. The predicted molar refractivity (Wildman–Crippen MR) is 87.2 cm³/mol. The topological polar surface area (TPSA) is 50.4 Å². The molecule has 1 aromatic carbocycles. The maximum atomic E-state index is 11.9. The molecule has 0 saturated carbocycles. The maximum absolute atomic E-state index is 11.9. The van der Waals surface area contributed by atoms with E-state index < -0.39 is 0 Å². The Labute approximate surface area is 133 Å². The third-order valence-electron chi connectivity index (χ3n) is 3.70. The molecule has 2 unspecified atom stereocenters. The highest BCUT2D eigenvalue weighted by atomic mass is 35.5. The van der Waals surface area contributed by atoms with E-state index in [0.717, 1.165) is 30.7 Å². The smallest absolute Gasteiger partial charge is 0.223 e. The van der Waals surface area contributed by atoms with Crippen LogP contribution in [0.5, 0.6) is 5.75 Å². The van der Waals surface area contributed by atoms with E-state index in [1.807, 2.05) is 31.2 Å². The fourth-order valence-electron chi connectivity index (χ4n) is 2.49. The quantitative estimate of drug-likeness (QED) is 0.878. The van der Waals surface area contributed by atoms with Crippen LogP contribution in [0.4, 0.5) is 0 Å². The van der Waals surface area contributed by atoms with Crippen LogP contribution in [0.1, 0.15) is 31.7 Å². The number of aryl methyl sites for hydroxylation is 1. The Morgan fingerprint density at radius 2 is 2.29 bits per heavy atom. The molecule has 0 spiro atoms. The summed E-state index contributed by atoms with van der Waals surface area (Å²) < 4.78 is 5.60. The van der Waals surface area contributed by atoms with Crippen molar-refractivity contribution in [1.29, 1.82) is 0 Å². The number of carbonyl (C=O) groups excluding carboxylic acids is 1. The van der Waals surface area contributed by atoms with E-state index in [4.69, 9.17) is 4.74 Å². The third kappa shape index (κ3) is 5.94. The van der Waals surface area contributed by atoms with Gasteiger partial charge in [-0.15, -0.1) is 12.4 Å². The lowest BCUT2D eigenvalue weighted by atomic mass is 10.00. The summed E-state index contributed by atoms with van der Waals surface area (Å²) in [5, 5.41) is 6.46. The highest BCUT2D eigenvalue weighted by Gasteiger charge is 2.21. The van der Waals surface area contributed by atoms with Crippen LogP contribution in [0.15, 0.2) is 24.3 Å². The molecule has 0 aliphatic carbocycles. The van der Waals surface area contributed by atoms with Crippen molar-refractivity contribution in [3.8, 4) is 5.75 Å². The summed E-state index contributed by atoms with van der Waals surface area (Å²) in [7, 11) is 0. The molecule has 2 atom stereocenters. The molecule has 1 aliphatic rings. The van der Waals surface area contributed by atoms with Crippen LogP contribution in [0, 0.1) is 6.92 Å². The Kier molecular flexibility index (Phi) is 7.54. The maximum Gasteiger partial charge on any atom is 0.223 e. The number of piperidine rings is 1. The van der Waals surface area contributed by atoms with Gasteiger partial charge in [0.25, 0.3) is 0 Å². The zero-order valence-corrected chi connectivity index (χ0v) is 13.5. The second-order valence-corrected chi connectivity index (χ2v) is 5.47. The van der Waals surface area contributed by atoms with Gasteiger partial charge in [-0.3, -0.25) is 4.79 Å². The predicted octanol–water partition coefficient (Wildman–Crippen LogP) is 2.44. The summed E-state index contributed by atoms with van der Waals surface area (Å²) in [6, 6.07) is 8.47. The van der Waals surface area contributed by atoms with Crippen LogP contribution in [0.2, 0.25) is 0 Å². The Balaban J connectivity index is 0.00000220. The van der Waals surface area contributed by atoms with Gasteiger partial charge >= 0.3 is 0 Å². The van der Waals surface area contributed by atoms with Crippen molar-refractivity contribution in [3.63, 3.8) is 0 Å². The monoisotopic (exact) mass is 312 g/mol. The molecule has 1 amide bonds. The molecule has 4 nitrogen and oxygen atoms in total. The minimum atomic E-state index is 0. The van der Waals surface area contributed by atoms with Gasteiger partial charge in [-0.05, 0) is 50.9 Å². The van der Waals surface area contributed by atoms with E-state index in [-0.39, 0.29) is 24.4 Å². The molecule has 5 heteroatoms. The minimum absolute atomic E-state index is 0. The number of benzene rings is 1. The summed E-state index contributed by atoms with van der Waals surface area (Å²) >= 11 is 0. The first-order valence-corrected chi connectivity index (χ1v) is 7.37. The number of ether oxygens (including phenoxy) is 1. The summed E-state index contributed by atoms with van der Waals surface area (Å²) in [4.78, 5) is 11.9. The van der Waals surface area contributed by atoms with E-state index in [2.05, 4.69) is 17.6 Å². The highest BCUT2D eigenvalue weighted by Crippen LogP contribution is 2.12. The molecule has 0 bridgehead atoms.